The predicted molar refractivity (Wildman–Crippen MR) is 108 cm³/mol. The van der Waals surface area contributed by atoms with E-state index < -0.39 is 12.5 Å². The minimum absolute atomic E-state index is 0.00173. The summed E-state index contributed by atoms with van der Waals surface area (Å²) in [6.07, 6.45) is -3.71. The molecule has 0 bridgehead atoms. The first-order chi connectivity index (χ1) is 15.2. The molecule has 12 heteroatoms. The van der Waals surface area contributed by atoms with Gasteiger partial charge >= 0.3 is 12.4 Å². The molecule has 1 aliphatic carbocycles. The van der Waals surface area contributed by atoms with Crippen LogP contribution in [0.5, 0.6) is 5.75 Å². The summed E-state index contributed by atoms with van der Waals surface area (Å²) >= 11 is 5.82. The summed E-state index contributed by atoms with van der Waals surface area (Å²) in [5.74, 6) is 0.464. The molecule has 4 rings (SSSR count). The Morgan fingerprint density at radius 3 is 2.53 bits per heavy atom. The Morgan fingerprint density at radius 1 is 1.19 bits per heavy atom. The number of aromatic nitrogens is 2. The summed E-state index contributed by atoms with van der Waals surface area (Å²) in [4.78, 5) is 14.0. The number of ether oxygens (including phenoxy) is 2. The lowest BCUT2D eigenvalue weighted by molar-refractivity contribution is -0.352. The minimum Gasteiger partial charge on any atom is -0.484 e. The molecule has 2 heterocycles. The molecule has 8 nitrogen and oxygen atoms in total. The summed E-state index contributed by atoms with van der Waals surface area (Å²) < 4.78 is 51.8. The summed E-state index contributed by atoms with van der Waals surface area (Å²) in [5, 5.41) is 11.5. The van der Waals surface area contributed by atoms with Crippen LogP contribution < -0.4 is 15.0 Å². The number of nitrogens with one attached hydrogen (secondary N) is 1. The Balaban J connectivity index is 1.17. The number of piperidine rings is 1. The van der Waals surface area contributed by atoms with Gasteiger partial charge in [-0.05, 0) is 49.9 Å². The van der Waals surface area contributed by atoms with E-state index in [4.69, 9.17) is 20.8 Å². The molecule has 174 valence electrons. The van der Waals surface area contributed by atoms with Crippen molar-refractivity contribution in [1.29, 1.82) is 0 Å². The van der Waals surface area contributed by atoms with Crippen molar-refractivity contribution in [2.24, 2.45) is 0 Å². The van der Waals surface area contributed by atoms with E-state index in [0.717, 1.165) is 0 Å². The lowest BCUT2D eigenvalue weighted by atomic mass is 9.82. The van der Waals surface area contributed by atoms with Crippen LogP contribution in [0.15, 0.2) is 28.7 Å². The van der Waals surface area contributed by atoms with Gasteiger partial charge in [-0.1, -0.05) is 16.7 Å². The predicted octanol–water partition coefficient (Wildman–Crippen LogP) is 3.67. The number of benzene rings is 1. The van der Waals surface area contributed by atoms with Gasteiger partial charge < -0.3 is 19.4 Å². The van der Waals surface area contributed by atoms with Crippen molar-refractivity contribution < 1.29 is 31.9 Å². The summed E-state index contributed by atoms with van der Waals surface area (Å²) in [6.45, 7) is 1.12. The maximum Gasteiger partial charge on any atom is 0.522 e. The average molecular weight is 475 g/mol. The highest BCUT2D eigenvalue weighted by Gasteiger charge is 2.42. The number of hydrogen-bond acceptors (Lipinski definition) is 7. The van der Waals surface area contributed by atoms with Crippen LogP contribution >= 0.6 is 11.6 Å². The summed E-state index contributed by atoms with van der Waals surface area (Å²) in [6, 6.07) is 7.11. The van der Waals surface area contributed by atoms with Gasteiger partial charge in [-0.3, -0.25) is 9.53 Å². The molecule has 1 aliphatic heterocycles. The maximum atomic E-state index is 12.2. The standard InChI is InChI=1S/C20H22ClF3N4O4/c21-13-1-3-15(4-2-13)30-11-17(29)25-14-5-7-28(8-6-14)19-27-26-18(31-19)12-9-16(10-12)32-20(22,23)24/h1-4,12,14,16H,5-11H2,(H,25,29)/t12-,16+. The lowest BCUT2D eigenvalue weighted by Crippen LogP contribution is -2.46. The monoisotopic (exact) mass is 474 g/mol. The molecular weight excluding hydrogens is 453 g/mol. The molecule has 1 N–H and O–H groups in total. The zero-order chi connectivity index (χ0) is 22.7. The molecule has 32 heavy (non-hydrogen) atoms. The number of nitrogens with zero attached hydrogens (tertiary/aromatic N) is 3. The van der Waals surface area contributed by atoms with Gasteiger partial charge in [-0.25, -0.2) is 0 Å². The number of carbonyl (C=O) groups excluding carboxylic acids is 1. The van der Waals surface area contributed by atoms with E-state index in [1.807, 2.05) is 4.90 Å². The van der Waals surface area contributed by atoms with Crippen LogP contribution in [0.4, 0.5) is 19.2 Å². The van der Waals surface area contributed by atoms with Crippen LogP contribution in [0.3, 0.4) is 0 Å². The number of rotatable bonds is 7. The van der Waals surface area contributed by atoms with E-state index in [1.165, 1.54) is 0 Å². The van der Waals surface area contributed by atoms with Gasteiger partial charge in [0.05, 0.1) is 6.10 Å². The second kappa shape index (κ2) is 9.53. The lowest BCUT2D eigenvalue weighted by Gasteiger charge is -2.33. The van der Waals surface area contributed by atoms with Crippen molar-refractivity contribution >= 4 is 23.5 Å². The molecule has 0 spiro atoms. The van der Waals surface area contributed by atoms with E-state index in [0.29, 0.717) is 48.6 Å². The van der Waals surface area contributed by atoms with Crippen molar-refractivity contribution in [2.75, 3.05) is 24.6 Å². The molecule has 1 aromatic carbocycles. The Labute approximate surface area is 187 Å². The Morgan fingerprint density at radius 2 is 1.88 bits per heavy atom. The fourth-order valence-corrected chi connectivity index (χ4v) is 3.86. The molecule has 1 saturated carbocycles. The van der Waals surface area contributed by atoms with Crippen LogP contribution in [0.25, 0.3) is 0 Å². The number of halogens is 4. The maximum absolute atomic E-state index is 12.2. The third kappa shape index (κ3) is 6.04. The highest BCUT2D eigenvalue weighted by atomic mass is 35.5. The minimum atomic E-state index is -4.63. The quantitative estimate of drug-likeness (QED) is 0.654. The Hall–Kier alpha value is -2.53. The topological polar surface area (TPSA) is 89.7 Å². The van der Waals surface area contributed by atoms with E-state index >= 15 is 0 Å². The van der Waals surface area contributed by atoms with Crippen molar-refractivity contribution in [2.45, 2.75) is 50.1 Å². The smallest absolute Gasteiger partial charge is 0.484 e. The SMILES string of the molecule is O=C(COc1ccc(Cl)cc1)NC1CCN(c2nnc([C@H]3C[C@@H](OC(F)(F)F)C3)o2)CC1. The van der Waals surface area contributed by atoms with Crippen molar-refractivity contribution in [3.05, 3.63) is 35.2 Å². The zero-order valence-electron chi connectivity index (χ0n) is 17.0. The summed E-state index contributed by atoms with van der Waals surface area (Å²) in [5.41, 5.74) is 0. The fraction of sp³-hybridized carbons (Fsp3) is 0.550. The van der Waals surface area contributed by atoms with Crippen LogP contribution in [-0.2, 0) is 9.53 Å². The second-order valence-corrected chi connectivity index (χ2v) is 8.28. The number of carbonyl (C=O) groups is 1. The number of hydrogen-bond donors (Lipinski definition) is 1. The highest BCUT2D eigenvalue weighted by molar-refractivity contribution is 6.30. The van der Waals surface area contributed by atoms with Crippen LogP contribution in [-0.4, -0.2) is 54.3 Å². The van der Waals surface area contributed by atoms with E-state index in [1.54, 1.807) is 24.3 Å². The molecule has 2 aliphatic rings. The van der Waals surface area contributed by atoms with Gasteiger partial charge in [0.2, 0.25) is 5.89 Å². The van der Waals surface area contributed by atoms with Crippen molar-refractivity contribution in [1.82, 2.24) is 15.5 Å². The van der Waals surface area contributed by atoms with Crippen LogP contribution in [0, 0.1) is 0 Å². The Kier molecular flexibility index (Phi) is 6.75. The molecule has 1 amide bonds. The second-order valence-electron chi connectivity index (χ2n) is 7.85. The van der Waals surface area contributed by atoms with Crippen molar-refractivity contribution in [3.8, 4) is 5.75 Å². The highest BCUT2D eigenvalue weighted by Crippen LogP contribution is 2.41. The van der Waals surface area contributed by atoms with Crippen LogP contribution in [0.2, 0.25) is 5.02 Å². The van der Waals surface area contributed by atoms with Gasteiger partial charge in [0.1, 0.15) is 5.75 Å². The first-order valence-electron chi connectivity index (χ1n) is 10.3. The molecule has 0 radical (unpaired) electrons. The molecule has 0 atom stereocenters. The number of amides is 1. The first kappa shape index (κ1) is 22.7. The van der Waals surface area contributed by atoms with Gasteiger partial charge in [0.25, 0.3) is 5.91 Å². The molecule has 0 unspecified atom stereocenters. The summed E-state index contributed by atoms with van der Waals surface area (Å²) in [7, 11) is 0. The molecule has 2 aromatic rings. The molecular formula is C20H22ClF3N4O4. The first-order valence-corrected chi connectivity index (χ1v) is 10.6. The van der Waals surface area contributed by atoms with E-state index in [2.05, 4.69) is 20.3 Å². The third-order valence-corrected chi connectivity index (χ3v) is 5.74. The number of alkyl halides is 3. The van der Waals surface area contributed by atoms with E-state index in [-0.39, 0.29) is 37.3 Å². The van der Waals surface area contributed by atoms with Gasteiger partial charge in [-0.15, -0.1) is 18.3 Å². The number of anilines is 1. The van der Waals surface area contributed by atoms with Crippen LogP contribution in [0.1, 0.15) is 37.5 Å². The normalized spacial score (nSPS) is 21.8. The van der Waals surface area contributed by atoms with E-state index in [9.17, 15) is 18.0 Å². The molecule has 1 saturated heterocycles. The largest absolute Gasteiger partial charge is 0.522 e. The Bertz CT molecular complexity index is 910. The van der Waals surface area contributed by atoms with Crippen molar-refractivity contribution in [3.63, 3.8) is 0 Å². The fourth-order valence-electron chi connectivity index (χ4n) is 3.74. The third-order valence-electron chi connectivity index (χ3n) is 5.49. The molecule has 2 fully saturated rings. The van der Waals surface area contributed by atoms with Gasteiger partial charge in [0, 0.05) is 30.1 Å². The average Bonchev–Trinajstić information content (AvgIpc) is 3.19. The zero-order valence-corrected chi connectivity index (χ0v) is 17.7. The molecule has 1 aromatic heterocycles. The van der Waals surface area contributed by atoms with Gasteiger partial charge in [0.15, 0.2) is 6.61 Å². The van der Waals surface area contributed by atoms with Gasteiger partial charge in [-0.2, -0.15) is 0 Å².